The molecule has 3 rings (SSSR count). The van der Waals surface area contributed by atoms with Crippen LogP contribution in [0, 0.1) is 5.92 Å². The van der Waals surface area contributed by atoms with Crippen LogP contribution in [0.4, 0.5) is 11.4 Å². The number of halogens is 1. The van der Waals surface area contributed by atoms with Crippen molar-refractivity contribution in [3.05, 3.63) is 53.6 Å². The molecule has 0 spiro atoms. The van der Waals surface area contributed by atoms with E-state index in [9.17, 15) is 9.59 Å². The van der Waals surface area contributed by atoms with E-state index in [0.717, 1.165) is 23.4 Å². The van der Waals surface area contributed by atoms with Crippen LogP contribution in [-0.2, 0) is 9.59 Å². The van der Waals surface area contributed by atoms with E-state index in [4.69, 9.17) is 11.6 Å². The van der Waals surface area contributed by atoms with Crippen LogP contribution in [-0.4, -0.2) is 17.1 Å². The number of amides is 2. The summed E-state index contributed by atoms with van der Waals surface area (Å²) in [5.74, 6) is 0.166. The van der Waals surface area contributed by atoms with Gasteiger partial charge in [0.2, 0.25) is 11.8 Å². The van der Waals surface area contributed by atoms with Gasteiger partial charge in [0.05, 0.1) is 16.0 Å². The highest BCUT2D eigenvalue weighted by atomic mass is 35.5. The lowest BCUT2D eigenvalue weighted by atomic mass is 10.3. The smallest absolute Gasteiger partial charge is 0.237 e. The molecule has 1 atom stereocenters. The van der Waals surface area contributed by atoms with Crippen molar-refractivity contribution in [1.29, 1.82) is 0 Å². The highest BCUT2D eigenvalue weighted by Crippen LogP contribution is 2.31. The highest BCUT2D eigenvalue weighted by Gasteiger charge is 2.29. The van der Waals surface area contributed by atoms with Crippen molar-refractivity contribution < 1.29 is 9.59 Å². The van der Waals surface area contributed by atoms with Gasteiger partial charge in [-0.15, -0.1) is 11.8 Å². The zero-order valence-corrected chi connectivity index (χ0v) is 15.4. The molecule has 25 heavy (non-hydrogen) atoms. The lowest BCUT2D eigenvalue weighted by molar-refractivity contribution is -0.117. The Labute approximate surface area is 156 Å². The predicted molar refractivity (Wildman–Crippen MR) is 103 cm³/mol. The molecular formula is C19H19ClN2O2S. The molecule has 1 unspecified atom stereocenters. The fraction of sp³-hybridized carbons (Fsp3) is 0.263. The first-order valence-corrected chi connectivity index (χ1v) is 9.41. The molecule has 0 radical (unpaired) electrons. The van der Waals surface area contributed by atoms with Gasteiger partial charge in [-0.05, 0) is 56.2 Å². The molecule has 0 saturated heterocycles. The Kier molecular flexibility index (Phi) is 5.66. The molecule has 2 aromatic carbocycles. The quantitative estimate of drug-likeness (QED) is 0.713. The van der Waals surface area contributed by atoms with Crippen molar-refractivity contribution in [2.75, 3.05) is 10.6 Å². The topological polar surface area (TPSA) is 58.2 Å². The van der Waals surface area contributed by atoms with Gasteiger partial charge in [0, 0.05) is 16.5 Å². The van der Waals surface area contributed by atoms with Crippen molar-refractivity contribution in [2.24, 2.45) is 5.92 Å². The van der Waals surface area contributed by atoms with Gasteiger partial charge in [-0.1, -0.05) is 23.7 Å². The van der Waals surface area contributed by atoms with Gasteiger partial charge in [0.15, 0.2) is 0 Å². The summed E-state index contributed by atoms with van der Waals surface area (Å²) >= 11 is 7.52. The van der Waals surface area contributed by atoms with Crippen LogP contribution in [0.2, 0.25) is 5.02 Å². The monoisotopic (exact) mass is 374 g/mol. The van der Waals surface area contributed by atoms with E-state index in [1.54, 1.807) is 12.1 Å². The van der Waals surface area contributed by atoms with Crippen LogP contribution >= 0.6 is 23.4 Å². The van der Waals surface area contributed by atoms with Crippen LogP contribution < -0.4 is 10.6 Å². The molecule has 4 nitrogen and oxygen atoms in total. The maximum Gasteiger partial charge on any atom is 0.237 e. The number of hydrogen-bond acceptors (Lipinski definition) is 3. The average molecular weight is 375 g/mol. The molecule has 130 valence electrons. The Morgan fingerprint density at radius 1 is 1.08 bits per heavy atom. The third-order valence-electron chi connectivity index (χ3n) is 3.88. The fourth-order valence-electron chi connectivity index (χ4n) is 2.26. The number of nitrogens with one attached hydrogen (secondary N) is 2. The van der Waals surface area contributed by atoms with Gasteiger partial charge in [0.25, 0.3) is 0 Å². The Balaban J connectivity index is 1.54. The molecule has 1 aliphatic carbocycles. The van der Waals surface area contributed by atoms with Gasteiger partial charge in [0.1, 0.15) is 0 Å². The molecule has 2 aromatic rings. The zero-order valence-electron chi connectivity index (χ0n) is 13.8. The van der Waals surface area contributed by atoms with Crippen molar-refractivity contribution in [3.8, 4) is 0 Å². The van der Waals surface area contributed by atoms with Crippen LogP contribution in [0.5, 0.6) is 0 Å². The summed E-state index contributed by atoms with van der Waals surface area (Å²) in [6, 6.07) is 14.7. The Hall–Kier alpha value is -1.98. The van der Waals surface area contributed by atoms with Crippen molar-refractivity contribution in [3.63, 3.8) is 0 Å². The van der Waals surface area contributed by atoms with Crippen LogP contribution in [0.15, 0.2) is 53.4 Å². The lowest BCUT2D eigenvalue weighted by Gasteiger charge is -2.13. The summed E-state index contributed by atoms with van der Waals surface area (Å²) in [4.78, 5) is 25.0. The summed E-state index contributed by atoms with van der Waals surface area (Å²) < 4.78 is 0. The maximum absolute atomic E-state index is 12.3. The number of anilines is 2. The number of benzene rings is 2. The second-order valence-corrected chi connectivity index (χ2v) is 7.84. The molecule has 2 N–H and O–H groups in total. The molecule has 1 fully saturated rings. The van der Waals surface area contributed by atoms with Crippen molar-refractivity contribution in [2.45, 2.75) is 29.9 Å². The van der Waals surface area contributed by atoms with Crippen LogP contribution in [0.3, 0.4) is 0 Å². The predicted octanol–water partition coefficient (Wildman–Crippen LogP) is 4.81. The number of para-hydroxylation sites is 1. The third kappa shape index (κ3) is 5.00. The number of thioether (sulfide) groups is 1. The fourth-order valence-corrected chi connectivity index (χ4v) is 3.31. The van der Waals surface area contributed by atoms with E-state index >= 15 is 0 Å². The Bertz CT molecular complexity index is 775. The minimum Gasteiger partial charge on any atom is -0.326 e. The Morgan fingerprint density at radius 3 is 2.40 bits per heavy atom. The summed E-state index contributed by atoms with van der Waals surface area (Å²) in [7, 11) is 0. The molecule has 0 heterocycles. The summed E-state index contributed by atoms with van der Waals surface area (Å²) in [5, 5.41) is 5.98. The van der Waals surface area contributed by atoms with Gasteiger partial charge in [-0.25, -0.2) is 0 Å². The summed E-state index contributed by atoms with van der Waals surface area (Å²) in [5.41, 5.74) is 1.40. The second kappa shape index (κ2) is 7.93. The second-order valence-electron chi connectivity index (χ2n) is 6.02. The van der Waals surface area contributed by atoms with E-state index in [1.165, 1.54) is 11.8 Å². The summed E-state index contributed by atoms with van der Waals surface area (Å²) in [6.07, 6.45) is 1.97. The third-order valence-corrected chi connectivity index (χ3v) is 5.33. The van der Waals surface area contributed by atoms with E-state index in [0.29, 0.717) is 10.7 Å². The molecule has 0 bridgehead atoms. The van der Waals surface area contributed by atoms with Crippen LogP contribution in [0.1, 0.15) is 19.8 Å². The zero-order chi connectivity index (χ0) is 17.8. The van der Waals surface area contributed by atoms with Gasteiger partial charge in [-0.2, -0.15) is 0 Å². The normalized spacial score (nSPS) is 14.6. The first kappa shape index (κ1) is 17.8. The Morgan fingerprint density at radius 2 is 1.76 bits per heavy atom. The molecule has 2 amide bonds. The molecule has 6 heteroatoms. The number of carbonyl (C=O) groups is 2. The van der Waals surface area contributed by atoms with Crippen molar-refractivity contribution >= 4 is 46.6 Å². The van der Waals surface area contributed by atoms with Gasteiger partial charge >= 0.3 is 0 Å². The highest BCUT2D eigenvalue weighted by molar-refractivity contribution is 8.00. The first-order valence-electron chi connectivity index (χ1n) is 8.16. The minimum absolute atomic E-state index is 0.0906. The molecule has 1 aliphatic rings. The maximum atomic E-state index is 12.3. The van der Waals surface area contributed by atoms with E-state index in [2.05, 4.69) is 10.6 Å². The largest absolute Gasteiger partial charge is 0.326 e. The number of hydrogen-bond donors (Lipinski definition) is 2. The van der Waals surface area contributed by atoms with Crippen molar-refractivity contribution in [1.82, 2.24) is 0 Å². The average Bonchev–Trinajstić information content (AvgIpc) is 3.43. The number of rotatable bonds is 6. The first-order chi connectivity index (χ1) is 12.0. The molecule has 1 saturated carbocycles. The van der Waals surface area contributed by atoms with E-state index in [-0.39, 0.29) is 23.0 Å². The van der Waals surface area contributed by atoms with E-state index in [1.807, 2.05) is 43.3 Å². The lowest BCUT2D eigenvalue weighted by Crippen LogP contribution is -2.22. The molecule has 0 aromatic heterocycles. The van der Waals surface area contributed by atoms with Gasteiger partial charge in [-0.3, -0.25) is 9.59 Å². The summed E-state index contributed by atoms with van der Waals surface area (Å²) in [6.45, 7) is 1.85. The molecule has 0 aliphatic heterocycles. The SMILES string of the molecule is CC(Sc1ccc(NC(=O)C2CC2)cc1)C(=O)Nc1ccccc1Cl. The van der Waals surface area contributed by atoms with Gasteiger partial charge < -0.3 is 10.6 Å². The van der Waals surface area contributed by atoms with Crippen LogP contribution in [0.25, 0.3) is 0 Å². The molecular weight excluding hydrogens is 356 g/mol. The minimum atomic E-state index is -0.275. The number of carbonyl (C=O) groups excluding carboxylic acids is 2. The standard InChI is InChI=1S/C19H19ClN2O2S/c1-12(18(23)22-17-5-3-2-4-16(17)20)25-15-10-8-14(9-11-15)21-19(24)13-6-7-13/h2-5,8-13H,6-7H2,1H3,(H,21,24)(H,22,23). The van der Waals surface area contributed by atoms with E-state index < -0.39 is 0 Å².